The lowest BCUT2D eigenvalue weighted by atomic mass is 9.89. The summed E-state index contributed by atoms with van der Waals surface area (Å²) in [5.74, 6) is 0.687. The molecule has 24 heavy (non-hydrogen) atoms. The fourth-order valence-electron chi connectivity index (χ4n) is 4.26. The van der Waals surface area contributed by atoms with Gasteiger partial charge in [-0.3, -0.25) is 9.88 Å². The van der Waals surface area contributed by atoms with Gasteiger partial charge in [-0.05, 0) is 60.7 Å². The predicted molar refractivity (Wildman–Crippen MR) is 100 cm³/mol. The second-order valence-electron chi connectivity index (χ2n) is 7.34. The molecule has 0 unspecified atom stereocenters. The van der Waals surface area contributed by atoms with E-state index in [0.717, 1.165) is 13.1 Å². The van der Waals surface area contributed by atoms with E-state index in [1.807, 2.05) is 23.6 Å². The Morgan fingerprint density at radius 3 is 3.08 bits per heavy atom. The van der Waals surface area contributed by atoms with Gasteiger partial charge in [0, 0.05) is 42.8 Å². The maximum Gasteiger partial charge on any atom is 0.0543 e. The maximum absolute atomic E-state index is 4.47. The molecule has 0 radical (unpaired) electrons. The van der Waals surface area contributed by atoms with Gasteiger partial charge in [-0.25, -0.2) is 0 Å². The van der Waals surface area contributed by atoms with Gasteiger partial charge in [0.05, 0.1) is 5.69 Å². The molecule has 1 N–H and O–H groups in total. The third-order valence-electron chi connectivity index (χ3n) is 5.57. The van der Waals surface area contributed by atoms with E-state index in [4.69, 9.17) is 0 Å². The zero-order valence-electron chi connectivity index (χ0n) is 14.4. The van der Waals surface area contributed by atoms with Crippen molar-refractivity contribution < 1.29 is 0 Å². The summed E-state index contributed by atoms with van der Waals surface area (Å²) in [6, 6.07) is 9.77. The predicted octanol–water partition coefficient (Wildman–Crippen LogP) is 4.02. The maximum atomic E-state index is 4.47. The number of nitrogens with one attached hydrogen (secondary N) is 1. The van der Waals surface area contributed by atoms with E-state index in [0.29, 0.717) is 18.0 Å². The number of likely N-dealkylation sites (tertiary alicyclic amines) is 1. The first-order chi connectivity index (χ1) is 11.8. The van der Waals surface area contributed by atoms with Crippen molar-refractivity contribution in [3.8, 4) is 0 Å². The summed E-state index contributed by atoms with van der Waals surface area (Å²) in [4.78, 5) is 8.64. The van der Waals surface area contributed by atoms with Gasteiger partial charge in [0.15, 0.2) is 0 Å². The van der Waals surface area contributed by atoms with Gasteiger partial charge in [0.1, 0.15) is 0 Å². The molecular weight excluding hydrogens is 314 g/mol. The molecule has 2 aromatic heterocycles. The fraction of sp³-hybridized carbons (Fsp3) is 0.550. The molecule has 0 saturated carbocycles. The molecule has 0 aromatic carbocycles. The van der Waals surface area contributed by atoms with Gasteiger partial charge < -0.3 is 5.32 Å². The smallest absolute Gasteiger partial charge is 0.0543 e. The number of piperidine rings is 1. The summed E-state index contributed by atoms with van der Waals surface area (Å²) in [5.41, 5.74) is 2.76. The van der Waals surface area contributed by atoms with Crippen molar-refractivity contribution in [2.24, 2.45) is 5.92 Å². The monoisotopic (exact) mass is 341 g/mol. The molecular formula is C20H27N3S. The van der Waals surface area contributed by atoms with Crippen LogP contribution in [0.15, 0.2) is 35.8 Å². The molecule has 0 amide bonds. The number of thiophene rings is 1. The van der Waals surface area contributed by atoms with Gasteiger partial charge in [0.25, 0.3) is 0 Å². The third kappa shape index (κ3) is 3.56. The minimum Gasteiger partial charge on any atom is -0.307 e. The average Bonchev–Trinajstić information content (AvgIpc) is 3.08. The molecule has 128 valence electrons. The van der Waals surface area contributed by atoms with Crippen molar-refractivity contribution in [1.82, 2.24) is 15.2 Å². The molecule has 0 bridgehead atoms. The summed E-state index contributed by atoms with van der Waals surface area (Å²) >= 11 is 1.94. The van der Waals surface area contributed by atoms with E-state index in [1.54, 1.807) is 10.4 Å². The standard InChI is InChI=1S/C20H27N3S/c1-15-13-23(14-16-5-2-3-10-21-16)11-8-18(15)22-19-6-4-7-20-17(19)9-12-24-20/h2-3,5,9-10,12,15,18-19,22H,4,6-8,11,13-14H2,1H3/t15-,18-,19-/m1/s1. The molecule has 1 aliphatic carbocycles. The summed E-state index contributed by atoms with van der Waals surface area (Å²) in [6.45, 7) is 5.72. The van der Waals surface area contributed by atoms with Crippen molar-refractivity contribution in [3.05, 3.63) is 52.0 Å². The van der Waals surface area contributed by atoms with Crippen LogP contribution in [0, 0.1) is 5.92 Å². The van der Waals surface area contributed by atoms with Crippen LogP contribution in [0.3, 0.4) is 0 Å². The Hall–Kier alpha value is -1.23. The van der Waals surface area contributed by atoms with Crippen molar-refractivity contribution in [2.75, 3.05) is 13.1 Å². The first kappa shape index (κ1) is 16.2. The highest BCUT2D eigenvalue weighted by molar-refractivity contribution is 7.10. The second kappa shape index (κ2) is 7.34. The lowest BCUT2D eigenvalue weighted by molar-refractivity contribution is 0.131. The minimum atomic E-state index is 0.579. The molecule has 3 heterocycles. The number of nitrogens with zero attached hydrogens (tertiary/aromatic N) is 2. The van der Waals surface area contributed by atoms with Gasteiger partial charge in [-0.2, -0.15) is 0 Å². The average molecular weight is 342 g/mol. The Labute approximate surface area is 149 Å². The first-order valence-electron chi connectivity index (χ1n) is 9.24. The molecule has 4 rings (SSSR count). The number of hydrogen-bond acceptors (Lipinski definition) is 4. The van der Waals surface area contributed by atoms with Gasteiger partial charge in [-0.1, -0.05) is 13.0 Å². The van der Waals surface area contributed by atoms with Crippen molar-refractivity contribution in [1.29, 1.82) is 0 Å². The van der Waals surface area contributed by atoms with Crippen LogP contribution in [-0.4, -0.2) is 29.0 Å². The van der Waals surface area contributed by atoms with Crippen molar-refractivity contribution in [2.45, 2.75) is 51.2 Å². The SMILES string of the molecule is C[C@@H]1CN(Cc2ccccn2)CC[C@H]1N[C@@H]1CCCc2sccc21. The van der Waals surface area contributed by atoms with Crippen LogP contribution in [0.1, 0.15) is 48.4 Å². The molecule has 3 atom stereocenters. The van der Waals surface area contributed by atoms with E-state index in [9.17, 15) is 0 Å². The highest BCUT2D eigenvalue weighted by atomic mass is 32.1. The Bertz CT molecular complexity index is 654. The summed E-state index contributed by atoms with van der Waals surface area (Å²) in [6.07, 6.45) is 7.05. The highest BCUT2D eigenvalue weighted by Gasteiger charge is 2.30. The Balaban J connectivity index is 1.34. The van der Waals surface area contributed by atoms with Gasteiger partial charge in [-0.15, -0.1) is 11.3 Å². The van der Waals surface area contributed by atoms with Crippen molar-refractivity contribution >= 4 is 11.3 Å². The second-order valence-corrected chi connectivity index (χ2v) is 8.34. The molecule has 2 aromatic rings. The Morgan fingerprint density at radius 1 is 1.29 bits per heavy atom. The molecule has 1 saturated heterocycles. The summed E-state index contributed by atoms with van der Waals surface area (Å²) in [5, 5.41) is 6.27. The largest absolute Gasteiger partial charge is 0.307 e. The van der Waals surface area contributed by atoms with Crippen LogP contribution in [0.4, 0.5) is 0 Å². The Morgan fingerprint density at radius 2 is 2.25 bits per heavy atom. The minimum absolute atomic E-state index is 0.579. The number of aryl methyl sites for hydroxylation is 1. The molecule has 1 fully saturated rings. The number of aromatic nitrogens is 1. The normalized spacial score (nSPS) is 27.8. The number of hydrogen-bond donors (Lipinski definition) is 1. The highest BCUT2D eigenvalue weighted by Crippen LogP contribution is 2.34. The van der Waals surface area contributed by atoms with E-state index >= 15 is 0 Å². The molecule has 4 heteroatoms. The van der Waals surface area contributed by atoms with E-state index in [2.05, 4.69) is 45.7 Å². The fourth-order valence-corrected chi connectivity index (χ4v) is 5.25. The van der Waals surface area contributed by atoms with Crippen LogP contribution in [0.2, 0.25) is 0 Å². The quantitative estimate of drug-likeness (QED) is 0.910. The zero-order chi connectivity index (χ0) is 16.4. The zero-order valence-corrected chi connectivity index (χ0v) is 15.3. The topological polar surface area (TPSA) is 28.2 Å². The summed E-state index contributed by atoms with van der Waals surface area (Å²) < 4.78 is 0. The lowest BCUT2D eigenvalue weighted by Gasteiger charge is -2.39. The molecule has 0 spiro atoms. The number of pyridine rings is 1. The Kier molecular flexibility index (Phi) is 4.97. The van der Waals surface area contributed by atoms with Crippen LogP contribution < -0.4 is 5.32 Å². The number of rotatable bonds is 4. The van der Waals surface area contributed by atoms with Crippen LogP contribution in [0.25, 0.3) is 0 Å². The molecule has 1 aliphatic heterocycles. The molecule has 2 aliphatic rings. The third-order valence-corrected chi connectivity index (χ3v) is 6.56. The van der Waals surface area contributed by atoms with E-state index in [1.165, 1.54) is 37.9 Å². The van der Waals surface area contributed by atoms with Gasteiger partial charge in [0.2, 0.25) is 0 Å². The van der Waals surface area contributed by atoms with Crippen LogP contribution >= 0.6 is 11.3 Å². The summed E-state index contributed by atoms with van der Waals surface area (Å²) in [7, 11) is 0. The van der Waals surface area contributed by atoms with Crippen LogP contribution in [-0.2, 0) is 13.0 Å². The van der Waals surface area contributed by atoms with E-state index in [-0.39, 0.29) is 0 Å². The van der Waals surface area contributed by atoms with E-state index < -0.39 is 0 Å². The molecule has 3 nitrogen and oxygen atoms in total. The van der Waals surface area contributed by atoms with Gasteiger partial charge >= 0.3 is 0 Å². The number of fused-ring (bicyclic) bond motifs is 1. The first-order valence-corrected chi connectivity index (χ1v) is 10.1. The van der Waals surface area contributed by atoms with Crippen LogP contribution in [0.5, 0.6) is 0 Å². The lowest BCUT2D eigenvalue weighted by Crippen LogP contribution is -2.49. The van der Waals surface area contributed by atoms with Crippen molar-refractivity contribution in [3.63, 3.8) is 0 Å².